The summed E-state index contributed by atoms with van der Waals surface area (Å²) in [7, 11) is 0. The first kappa shape index (κ1) is 18.4. The van der Waals surface area contributed by atoms with E-state index in [1.807, 2.05) is 12.1 Å². The zero-order valence-corrected chi connectivity index (χ0v) is 15.4. The second-order valence-corrected chi connectivity index (χ2v) is 6.68. The van der Waals surface area contributed by atoms with Gasteiger partial charge in [0, 0.05) is 36.2 Å². The van der Waals surface area contributed by atoms with Crippen molar-refractivity contribution in [2.45, 2.75) is 24.9 Å². The number of nitrogens with one attached hydrogen (secondary N) is 2. The van der Waals surface area contributed by atoms with Crippen molar-refractivity contribution < 1.29 is 9.59 Å². The van der Waals surface area contributed by atoms with Gasteiger partial charge >= 0.3 is 0 Å². The van der Waals surface area contributed by atoms with Crippen LogP contribution in [0.4, 0.5) is 0 Å². The number of amides is 2. The summed E-state index contributed by atoms with van der Waals surface area (Å²) in [5, 5.41) is 10.0. The van der Waals surface area contributed by atoms with E-state index in [1.54, 1.807) is 35.3 Å². The SMILES string of the molecule is C#Cc1ccc(C(=O)NC2CCC2NC(=O)c2cnn(-c3ccccn3)c2)nc1. The predicted octanol–water partition coefficient (Wildman–Crippen LogP) is 1.33. The second-order valence-electron chi connectivity index (χ2n) is 6.68. The lowest BCUT2D eigenvalue weighted by Gasteiger charge is -2.37. The molecule has 0 bridgehead atoms. The summed E-state index contributed by atoms with van der Waals surface area (Å²) < 4.78 is 1.54. The molecule has 0 aliphatic heterocycles. The van der Waals surface area contributed by atoms with Gasteiger partial charge in [-0.3, -0.25) is 9.59 Å². The molecule has 0 radical (unpaired) electrons. The van der Waals surface area contributed by atoms with E-state index in [9.17, 15) is 9.59 Å². The quantitative estimate of drug-likeness (QED) is 0.644. The molecule has 3 aromatic rings. The number of terminal acetylenes is 1. The van der Waals surface area contributed by atoms with Crippen molar-refractivity contribution in [3.63, 3.8) is 0 Å². The van der Waals surface area contributed by atoms with Crippen LogP contribution >= 0.6 is 0 Å². The molecule has 2 amide bonds. The van der Waals surface area contributed by atoms with E-state index < -0.39 is 0 Å². The Kier molecular flexibility index (Phi) is 5.03. The number of hydrogen-bond acceptors (Lipinski definition) is 5. The molecule has 2 N–H and O–H groups in total. The fraction of sp³-hybridized carbons (Fsp3) is 0.190. The molecular formula is C21H18N6O2. The molecule has 1 aliphatic rings. The lowest BCUT2D eigenvalue weighted by Crippen LogP contribution is -2.58. The maximum absolute atomic E-state index is 12.5. The summed E-state index contributed by atoms with van der Waals surface area (Å²) in [6.07, 6.45) is 13.1. The molecule has 144 valence electrons. The molecule has 0 aromatic carbocycles. The molecule has 1 fully saturated rings. The van der Waals surface area contributed by atoms with Gasteiger partial charge in [-0.15, -0.1) is 6.42 Å². The van der Waals surface area contributed by atoms with Gasteiger partial charge in [-0.25, -0.2) is 14.6 Å². The van der Waals surface area contributed by atoms with Crippen LogP contribution in [0, 0.1) is 12.3 Å². The minimum Gasteiger partial charge on any atom is -0.347 e. The highest BCUT2D eigenvalue weighted by atomic mass is 16.2. The third kappa shape index (κ3) is 3.99. The van der Waals surface area contributed by atoms with Crippen LogP contribution in [0.3, 0.4) is 0 Å². The Morgan fingerprint density at radius 2 is 1.83 bits per heavy atom. The fourth-order valence-electron chi connectivity index (χ4n) is 3.01. The van der Waals surface area contributed by atoms with Crippen LogP contribution in [0.5, 0.6) is 0 Å². The molecule has 2 unspecified atom stereocenters. The molecule has 2 atom stereocenters. The van der Waals surface area contributed by atoms with E-state index in [0.717, 1.165) is 12.8 Å². The summed E-state index contributed by atoms with van der Waals surface area (Å²) >= 11 is 0. The van der Waals surface area contributed by atoms with Crippen molar-refractivity contribution in [2.24, 2.45) is 0 Å². The van der Waals surface area contributed by atoms with Gasteiger partial charge in [0.05, 0.1) is 11.8 Å². The zero-order valence-electron chi connectivity index (χ0n) is 15.4. The molecule has 0 saturated heterocycles. The van der Waals surface area contributed by atoms with Gasteiger partial charge < -0.3 is 10.6 Å². The Hall–Kier alpha value is -3.99. The second kappa shape index (κ2) is 7.94. The molecule has 4 rings (SSSR count). The molecule has 1 aliphatic carbocycles. The molecule has 3 aromatic heterocycles. The van der Waals surface area contributed by atoms with Crippen molar-refractivity contribution in [3.8, 4) is 18.2 Å². The highest BCUT2D eigenvalue weighted by Crippen LogP contribution is 2.21. The van der Waals surface area contributed by atoms with Gasteiger partial charge in [0.15, 0.2) is 5.82 Å². The third-order valence-corrected chi connectivity index (χ3v) is 4.80. The van der Waals surface area contributed by atoms with Crippen LogP contribution in [0.25, 0.3) is 5.82 Å². The van der Waals surface area contributed by atoms with E-state index in [-0.39, 0.29) is 29.6 Å². The van der Waals surface area contributed by atoms with Crippen molar-refractivity contribution >= 4 is 11.8 Å². The van der Waals surface area contributed by atoms with Crippen LogP contribution in [-0.4, -0.2) is 43.6 Å². The molecule has 1 saturated carbocycles. The average molecular weight is 386 g/mol. The fourth-order valence-corrected chi connectivity index (χ4v) is 3.01. The summed E-state index contributed by atoms with van der Waals surface area (Å²) in [4.78, 5) is 33.2. The Morgan fingerprint density at radius 1 is 1.03 bits per heavy atom. The predicted molar refractivity (Wildman–Crippen MR) is 105 cm³/mol. The summed E-state index contributed by atoms with van der Waals surface area (Å²) in [6.45, 7) is 0. The summed E-state index contributed by atoms with van der Waals surface area (Å²) in [5.74, 6) is 2.55. The first-order valence-corrected chi connectivity index (χ1v) is 9.14. The standard InChI is InChI=1S/C21H18N6O2/c1-2-14-6-7-18(23-11-14)21(29)26-17-9-8-16(17)25-20(28)15-12-24-27(13-15)19-5-3-4-10-22-19/h1,3-7,10-13,16-17H,8-9H2,(H,25,28)(H,26,29). The van der Waals surface area contributed by atoms with Crippen molar-refractivity contribution in [1.29, 1.82) is 0 Å². The van der Waals surface area contributed by atoms with Gasteiger partial charge in [-0.05, 0) is 37.1 Å². The van der Waals surface area contributed by atoms with Crippen LogP contribution < -0.4 is 10.6 Å². The average Bonchev–Trinajstić information content (AvgIpc) is 3.26. The van der Waals surface area contributed by atoms with Crippen molar-refractivity contribution in [1.82, 2.24) is 30.4 Å². The summed E-state index contributed by atoms with van der Waals surface area (Å²) in [6, 6.07) is 8.42. The van der Waals surface area contributed by atoms with E-state index in [2.05, 4.69) is 31.6 Å². The normalized spacial score (nSPS) is 17.6. The smallest absolute Gasteiger partial charge is 0.270 e. The van der Waals surface area contributed by atoms with Crippen LogP contribution in [0.1, 0.15) is 39.3 Å². The number of hydrogen-bond donors (Lipinski definition) is 2. The number of nitrogens with zero attached hydrogens (tertiary/aromatic N) is 4. The monoisotopic (exact) mass is 386 g/mol. The minimum absolute atomic E-state index is 0.144. The number of carbonyl (C=O) groups is 2. The summed E-state index contributed by atoms with van der Waals surface area (Å²) in [5.41, 5.74) is 1.33. The van der Waals surface area contributed by atoms with Crippen molar-refractivity contribution in [2.75, 3.05) is 0 Å². The van der Waals surface area contributed by atoms with Gasteiger partial charge in [-0.2, -0.15) is 5.10 Å². The van der Waals surface area contributed by atoms with E-state index in [0.29, 0.717) is 16.9 Å². The number of pyridine rings is 2. The van der Waals surface area contributed by atoms with Gasteiger partial charge in [0.25, 0.3) is 11.8 Å². The molecule has 8 heteroatoms. The lowest BCUT2D eigenvalue weighted by atomic mass is 9.86. The molecular weight excluding hydrogens is 368 g/mol. The Bertz CT molecular complexity index is 1070. The van der Waals surface area contributed by atoms with Crippen LogP contribution in [0.2, 0.25) is 0 Å². The van der Waals surface area contributed by atoms with E-state index in [1.165, 1.54) is 12.4 Å². The topological polar surface area (TPSA) is 102 Å². The molecule has 3 heterocycles. The van der Waals surface area contributed by atoms with Crippen LogP contribution in [-0.2, 0) is 0 Å². The van der Waals surface area contributed by atoms with Gasteiger partial charge in [0.2, 0.25) is 0 Å². The third-order valence-electron chi connectivity index (χ3n) is 4.80. The molecule has 29 heavy (non-hydrogen) atoms. The lowest BCUT2D eigenvalue weighted by molar-refractivity contribution is 0.0826. The minimum atomic E-state index is -0.291. The Balaban J connectivity index is 1.35. The van der Waals surface area contributed by atoms with Gasteiger partial charge in [0.1, 0.15) is 5.69 Å². The van der Waals surface area contributed by atoms with Crippen molar-refractivity contribution in [3.05, 3.63) is 71.9 Å². The number of aromatic nitrogens is 4. The zero-order chi connectivity index (χ0) is 20.2. The number of rotatable bonds is 5. The molecule has 0 spiro atoms. The first-order valence-electron chi connectivity index (χ1n) is 9.14. The number of carbonyl (C=O) groups excluding carboxylic acids is 2. The highest BCUT2D eigenvalue weighted by molar-refractivity contribution is 5.94. The Labute approximate surface area is 167 Å². The maximum Gasteiger partial charge on any atom is 0.270 e. The highest BCUT2D eigenvalue weighted by Gasteiger charge is 2.34. The first-order chi connectivity index (χ1) is 14.1. The maximum atomic E-state index is 12.5. The van der Waals surface area contributed by atoms with E-state index >= 15 is 0 Å². The van der Waals surface area contributed by atoms with Gasteiger partial charge in [-0.1, -0.05) is 12.0 Å². The van der Waals surface area contributed by atoms with Crippen LogP contribution in [0.15, 0.2) is 55.1 Å². The Morgan fingerprint density at radius 3 is 2.45 bits per heavy atom. The van der Waals surface area contributed by atoms with E-state index in [4.69, 9.17) is 6.42 Å². The largest absolute Gasteiger partial charge is 0.347 e. The molecule has 8 nitrogen and oxygen atoms in total.